The number of pyridine rings is 1. The first-order valence-corrected chi connectivity index (χ1v) is 6.49. The summed E-state index contributed by atoms with van der Waals surface area (Å²) in [5.41, 5.74) is 1.08. The van der Waals surface area contributed by atoms with Gasteiger partial charge in [0.2, 0.25) is 5.91 Å². The van der Waals surface area contributed by atoms with Gasteiger partial charge in [0.1, 0.15) is 11.7 Å². The summed E-state index contributed by atoms with van der Waals surface area (Å²) in [6.07, 6.45) is 3.32. The molecule has 1 fully saturated rings. The van der Waals surface area contributed by atoms with E-state index >= 15 is 0 Å². The van der Waals surface area contributed by atoms with Gasteiger partial charge in [0.15, 0.2) is 0 Å². The molecule has 1 aromatic rings. The zero-order valence-corrected chi connectivity index (χ0v) is 10.9. The molecule has 2 rings (SSSR count). The predicted octanol–water partition coefficient (Wildman–Crippen LogP) is 0.522. The maximum absolute atomic E-state index is 11.7. The molecule has 1 unspecified atom stereocenters. The fourth-order valence-corrected chi connectivity index (χ4v) is 2.01. The normalized spacial score (nSPS) is 18.6. The number of nitrogens with zero attached hydrogens (tertiary/aromatic N) is 1. The number of hydrogen-bond donors (Lipinski definition) is 3. The molecule has 0 saturated carbocycles. The zero-order chi connectivity index (χ0) is 13.7. The highest BCUT2D eigenvalue weighted by molar-refractivity contribution is 5.93. The number of rotatable bonds is 4. The van der Waals surface area contributed by atoms with Gasteiger partial charge < -0.3 is 16.0 Å². The second-order valence-electron chi connectivity index (χ2n) is 4.42. The van der Waals surface area contributed by atoms with Gasteiger partial charge in [-0.25, -0.2) is 0 Å². The molecule has 2 amide bonds. The highest BCUT2D eigenvalue weighted by Gasteiger charge is 2.21. The van der Waals surface area contributed by atoms with E-state index in [9.17, 15) is 9.59 Å². The molecule has 1 aliphatic heterocycles. The SMILES string of the molecule is CCNC(=O)c1cc(NC2CCCNC2=O)ccn1. The van der Waals surface area contributed by atoms with Crippen molar-refractivity contribution in [3.63, 3.8) is 0 Å². The van der Waals surface area contributed by atoms with E-state index in [-0.39, 0.29) is 17.9 Å². The van der Waals surface area contributed by atoms with Gasteiger partial charge in [-0.15, -0.1) is 0 Å². The topological polar surface area (TPSA) is 83.1 Å². The molecule has 19 heavy (non-hydrogen) atoms. The summed E-state index contributed by atoms with van der Waals surface area (Å²) < 4.78 is 0. The molecule has 0 aliphatic carbocycles. The van der Waals surface area contributed by atoms with Crippen LogP contribution in [0.2, 0.25) is 0 Å². The number of hydrogen-bond acceptors (Lipinski definition) is 4. The highest BCUT2D eigenvalue weighted by atomic mass is 16.2. The Balaban J connectivity index is 2.06. The first kappa shape index (κ1) is 13.3. The van der Waals surface area contributed by atoms with Gasteiger partial charge >= 0.3 is 0 Å². The van der Waals surface area contributed by atoms with Gasteiger partial charge in [-0.1, -0.05) is 0 Å². The van der Waals surface area contributed by atoms with Crippen LogP contribution in [0.5, 0.6) is 0 Å². The number of aromatic nitrogens is 1. The largest absolute Gasteiger partial charge is 0.374 e. The monoisotopic (exact) mass is 262 g/mol. The van der Waals surface area contributed by atoms with Crippen molar-refractivity contribution >= 4 is 17.5 Å². The average molecular weight is 262 g/mol. The molecular formula is C13H18N4O2. The third-order valence-corrected chi connectivity index (χ3v) is 2.96. The number of amides is 2. The lowest BCUT2D eigenvalue weighted by Gasteiger charge is -2.23. The summed E-state index contributed by atoms with van der Waals surface area (Å²) in [4.78, 5) is 27.3. The number of piperidine rings is 1. The van der Waals surface area contributed by atoms with Crippen LogP contribution in [0.1, 0.15) is 30.3 Å². The fourth-order valence-electron chi connectivity index (χ4n) is 2.01. The minimum Gasteiger partial charge on any atom is -0.374 e. The second kappa shape index (κ2) is 6.17. The first-order chi connectivity index (χ1) is 9.20. The van der Waals surface area contributed by atoms with E-state index < -0.39 is 0 Å². The summed E-state index contributed by atoms with van der Waals surface area (Å²) in [7, 11) is 0. The quantitative estimate of drug-likeness (QED) is 0.739. The van der Waals surface area contributed by atoms with Crippen molar-refractivity contribution in [1.82, 2.24) is 15.6 Å². The Morgan fingerprint density at radius 1 is 1.58 bits per heavy atom. The third-order valence-electron chi connectivity index (χ3n) is 2.96. The smallest absolute Gasteiger partial charge is 0.269 e. The van der Waals surface area contributed by atoms with Crippen LogP contribution in [0.3, 0.4) is 0 Å². The van der Waals surface area contributed by atoms with E-state index in [0.29, 0.717) is 12.2 Å². The molecule has 1 aliphatic rings. The second-order valence-corrected chi connectivity index (χ2v) is 4.42. The first-order valence-electron chi connectivity index (χ1n) is 6.49. The van der Waals surface area contributed by atoms with Gasteiger partial charge in [-0.05, 0) is 31.9 Å². The lowest BCUT2D eigenvalue weighted by atomic mass is 10.1. The molecule has 6 nitrogen and oxygen atoms in total. The fraction of sp³-hybridized carbons (Fsp3) is 0.462. The van der Waals surface area contributed by atoms with Crippen LogP contribution < -0.4 is 16.0 Å². The van der Waals surface area contributed by atoms with E-state index in [1.807, 2.05) is 6.92 Å². The minimum absolute atomic E-state index is 0.00243. The molecule has 2 heterocycles. The van der Waals surface area contributed by atoms with Crippen LogP contribution in [-0.4, -0.2) is 35.9 Å². The average Bonchev–Trinajstić information content (AvgIpc) is 2.42. The molecule has 6 heteroatoms. The number of nitrogens with one attached hydrogen (secondary N) is 3. The zero-order valence-electron chi connectivity index (χ0n) is 10.9. The maximum Gasteiger partial charge on any atom is 0.269 e. The lowest BCUT2D eigenvalue weighted by Crippen LogP contribution is -2.44. The summed E-state index contributed by atoms with van der Waals surface area (Å²) in [5.74, 6) is -0.207. The van der Waals surface area contributed by atoms with Gasteiger partial charge in [-0.2, -0.15) is 0 Å². The van der Waals surface area contributed by atoms with E-state index in [1.54, 1.807) is 18.3 Å². The number of carbonyl (C=O) groups excluding carboxylic acids is 2. The van der Waals surface area contributed by atoms with E-state index in [2.05, 4.69) is 20.9 Å². The summed E-state index contributed by atoms with van der Waals surface area (Å²) in [6, 6.07) is 3.18. The van der Waals surface area contributed by atoms with Crippen LogP contribution in [0.15, 0.2) is 18.3 Å². The Labute approximate surface area is 112 Å². The number of carbonyl (C=O) groups is 2. The van der Waals surface area contributed by atoms with Crippen LogP contribution in [-0.2, 0) is 4.79 Å². The van der Waals surface area contributed by atoms with Gasteiger partial charge in [0, 0.05) is 25.0 Å². The van der Waals surface area contributed by atoms with Crippen LogP contribution in [0.4, 0.5) is 5.69 Å². The minimum atomic E-state index is -0.238. The molecule has 3 N–H and O–H groups in total. The molecular weight excluding hydrogens is 244 g/mol. The molecule has 1 atom stereocenters. The van der Waals surface area contributed by atoms with Crippen molar-refractivity contribution in [2.45, 2.75) is 25.8 Å². The molecule has 1 aromatic heterocycles. The Kier molecular flexibility index (Phi) is 4.33. The van der Waals surface area contributed by atoms with Crippen molar-refractivity contribution in [1.29, 1.82) is 0 Å². The van der Waals surface area contributed by atoms with Crippen molar-refractivity contribution in [3.8, 4) is 0 Å². The lowest BCUT2D eigenvalue weighted by molar-refractivity contribution is -0.123. The standard InChI is InChI=1S/C13H18N4O2/c1-2-14-13(19)11-8-9(5-7-15-11)17-10-4-3-6-16-12(10)18/h5,7-8,10H,2-4,6H2,1H3,(H,14,19)(H,15,17)(H,16,18). The van der Waals surface area contributed by atoms with Gasteiger partial charge in [0.05, 0.1) is 0 Å². The van der Waals surface area contributed by atoms with Crippen LogP contribution in [0.25, 0.3) is 0 Å². The molecule has 0 bridgehead atoms. The van der Waals surface area contributed by atoms with Crippen molar-refractivity contribution in [2.75, 3.05) is 18.4 Å². The van der Waals surface area contributed by atoms with E-state index in [0.717, 1.165) is 25.1 Å². The summed E-state index contributed by atoms with van der Waals surface area (Å²) in [5, 5.41) is 8.64. The molecule has 102 valence electrons. The van der Waals surface area contributed by atoms with E-state index in [1.165, 1.54) is 0 Å². The van der Waals surface area contributed by atoms with Gasteiger partial charge in [0.25, 0.3) is 5.91 Å². The Bertz CT molecular complexity index is 475. The van der Waals surface area contributed by atoms with Crippen molar-refractivity contribution in [2.24, 2.45) is 0 Å². The predicted molar refractivity (Wildman–Crippen MR) is 71.9 cm³/mol. The highest BCUT2D eigenvalue weighted by Crippen LogP contribution is 2.13. The Hall–Kier alpha value is -2.11. The van der Waals surface area contributed by atoms with Crippen LogP contribution in [0, 0.1) is 0 Å². The third kappa shape index (κ3) is 3.43. The van der Waals surface area contributed by atoms with Gasteiger partial charge in [-0.3, -0.25) is 14.6 Å². The Morgan fingerprint density at radius 3 is 3.16 bits per heavy atom. The van der Waals surface area contributed by atoms with Crippen molar-refractivity contribution < 1.29 is 9.59 Å². The Morgan fingerprint density at radius 2 is 2.42 bits per heavy atom. The number of anilines is 1. The van der Waals surface area contributed by atoms with Crippen molar-refractivity contribution in [3.05, 3.63) is 24.0 Å². The molecule has 0 radical (unpaired) electrons. The molecule has 1 saturated heterocycles. The molecule has 0 aromatic carbocycles. The summed E-state index contributed by atoms with van der Waals surface area (Å²) in [6.45, 7) is 3.15. The maximum atomic E-state index is 11.7. The van der Waals surface area contributed by atoms with E-state index in [4.69, 9.17) is 0 Å². The molecule has 0 spiro atoms. The summed E-state index contributed by atoms with van der Waals surface area (Å²) >= 11 is 0. The van der Waals surface area contributed by atoms with Crippen LogP contribution >= 0.6 is 0 Å².